The quantitative estimate of drug-likeness (QED) is 0.181. The van der Waals surface area contributed by atoms with Gasteiger partial charge in [0.15, 0.2) is 5.82 Å². The van der Waals surface area contributed by atoms with Crippen molar-refractivity contribution in [3.8, 4) is 28.4 Å². The Kier molecular flexibility index (Phi) is 8.00. The summed E-state index contributed by atoms with van der Waals surface area (Å²) in [6, 6.07) is 19.2. The first-order valence-corrected chi connectivity index (χ1v) is 17.5. The lowest BCUT2D eigenvalue weighted by Gasteiger charge is -2.41. The Morgan fingerprint density at radius 3 is 1.98 bits per heavy atom. The van der Waals surface area contributed by atoms with Gasteiger partial charge in [0, 0.05) is 5.39 Å². The van der Waals surface area contributed by atoms with Gasteiger partial charge >= 0.3 is 0 Å². The van der Waals surface area contributed by atoms with E-state index < -0.39 is 0 Å². The van der Waals surface area contributed by atoms with Gasteiger partial charge in [-0.05, 0) is 132 Å². The van der Waals surface area contributed by atoms with E-state index in [4.69, 9.17) is 10.1 Å². The van der Waals surface area contributed by atoms with Crippen LogP contribution in [0.5, 0.6) is 5.75 Å². The van der Waals surface area contributed by atoms with Crippen LogP contribution in [0, 0.1) is 35.5 Å². The van der Waals surface area contributed by atoms with Gasteiger partial charge in [0.1, 0.15) is 11.4 Å². The molecule has 3 aromatic carbocycles. The number of hydrogen-bond donors (Lipinski definition) is 3. The van der Waals surface area contributed by atoms with E-state index in [1.54, 1.807) is 0 Å². The molecule has 2 saturated carbocycles. The van der Waals surface area contributed by atoms with Gasteiger partial charge in [0.25, 0.3) is 0 Å². The molecule has 236 valence electrons. The number of phenolic OH excluding ortho intramolecular Hbond substituents is 1. The molecule has 2 heterocycles. The number of benzene rings is 3. The highest BCUT2D eigenvalue weighted by Gasteiger charge is 2.38. The summed E-state index contributed by atoms with van der Waals surface area (Å²) >= 11 is 0. The molecule has 2 aromatic heterocycles. The predicted molar refractivity (Wildman–Crippen MR) is 186 cm³/mol. The summed E-state index contributed by atoms with van der Waals surface area (Å²) in [5.41, 5.74) is 9.13. The number of nitrogens with zero attached hydrogens (tertiary/aromatic N) is 2. The molecule has 2 fully saturated rings. The zero-order chi connectivity index (χ0) is 31.4. The van der Waals surface area contributed by atoms with Crippen LogP contribution in [0.3, 0.4) is 0 Å². The van der Waals surface area contributed by atoms with Gasteiger partial charge in [-0.15, -0.1) is 0 Å². The maximum Gasteiger partial charge on any atom is 0.159 e. The zero-order valence-corrected chi connectivity index (χ0v) is 27.9. The first kappa shape index (κ1) is 30.1. The predicted octanol–water partition coefficient (Wildman–Crippen LogP) is 10.8. The summed E-state index contributed by atoms with van der Waals surface area (Å²) < 4.78 is 0. The van der Waals surface area contributed by atoms with Crippen LogP contribution in [-0.2, 0) is 0 Å². The second-order valence-electron chi connectivity index (χ2n) is 15.3. The van der Waals surface area contributed by atoms with Crippen LogP contribution in [0.15, 0.2) is 54.6 Å². The number of para-hydroxylation sites is 2. The summed E-state index contributed by atoms with van der Waals surface area (Å²) in [4.78, 5) is 8.31. The molecular weight excluding hydrogens is 552 g/mol. The molecule has 0 saturated heterocycles. The standard InChI is InChI=1S/C40H50N4O/c1-22(2)28-14-11-24(5)17-31(28)33-20-27(45)21-34(32-18-25(6)12-15-29(32)23(3)4)38(33)26-13-16-30-37(19-26)43-44-39(30)40-41-35-9-7-8-10-36(35)42-40/h7-10,13,16,19-25,28-29,31-32,45H,11-12,14-15,17-18H2,1-6H3,(H,41,42)(H,43,44). The summed E-state index contributed by atoms with van der Waals surface area (Å²) in [7, 11) is 0. The normalized spacial score (nSPS) is 26.0. The molecule has 0 radical (unpaired) electrons. The van der Waals surface area contributed by atoms with Crippen molar-refractivity contribution in [2.24, 2.45) is 35.5 Å². The lowest BCUT2D eigenvalue weighted by atomic mass is 9.63. The molecule has 0 spiro atoms. The number of H-pyrrole nitrogens is 2. The fourth-order valence-corrected chi connectivity index (χ4v) is 9.13. The van der Waals surface area contributed by atoms with E-state index in [1.807, 2.05) is 18.2 Å². The topological polar surface area (TPSA) is 77.6 Å². The van der Waals surface area contributed by atoms with Gasteiger partial charge in [-0.3, -0.25) is 5.10 Å². The number of imidazole rings is 1. The van der Waals surface area contributed by atoms with Gasteiger partial charge in [-0.25, -0.2) is 4.98 Å². The van der Waals surface area contributed by atoms with E-state index >= 15 is 0 Å². The van der Waals surface area contributed by atoms with Crippen LogP contribution in [0.1, 0.15) is 103 Å². The van der Waals surface area contributed by atoms with Crippen LogP contribution in [-0.4, -0.2) is 25.3 Å². The summed E-state index contributed by atoms with van der Waals surface area (Å²) in [6.07, 6.45) is 7.44. The van der Waals surface area contributed by atoms with Crippen LogP contribution < -0.4 is 0 Å². The van der Waals surface area contributed by atoms with E-state index in [0.717, 1.165) is 33.5 Å². The Morgan fingerprint density at radius 1 is 0.756 bits per heavy atom. The lowest BCUT2D eigenvalue weighted by molar-refractivity contribution is 0.193. The molecule has 5 nitrogen and oxygen atoms in total. The number of phenols is 1. The highest BCUT2D eigenvalue weighted by molar-refractivity contribution is 5.95. The molecule has 5 aromatic rings. The van der Waals surface area contributed by atoms with Crippen molar-refractivity contribution in [3.05, 3.63) is 65.7 Å². The molecule has 0 bridgehead atoms. The van der Waals surface area contributed by atoms with Crippen molar-refractivity contribution in [3.63, 3.8) is 0 Å². The zero-order valence-electron chi connectivity index (χ0n) is 27.9. The van der Waals surface area contributed by atoms with Crippen molar-refractivity contribution < 1.29 is 5.11 Å². The second kappa shape index (κ2) is 12.0. The Hall–Kier alpha value is -3.60. The lowest BCUT2D eigenvalue weighted by Crippen LogP contribution is -2.28. The third kappa shape index (κ3) is 5.57. The Bertz CT molecular complexity index is 1730. The second-order valence-corrected chi connectivity index (χ2v) is 15.3. The number of rotatable bonds is 6. The van der Waals surface area contributed by atoms with Gasteiger partial charge < -0.3 is 10.1 Å². The van der Waals surface area contributed by atoms with E-state index in [0.29, 0.717) is 53.1 Å². The van der Waals surface area contributed by atoms with E-state index in [2.05, 4.69) is 88.0 Å². The molecular formula is C40H50N4O. The average Bonchev–Trinajstić information content (AvgIpc) is 3.64. The minimum Gasteiger partial charge on any atom is -0.508 e. The van der Waals surface area contributed by atoms with Crippen LogP contribution in [0.2, 0.25) is 0 Å². The smallest absolute Gasteiger partial charge is 0.159 e. The van der Waals surface area contributed by atoms with Crippen molar-refractivity contribution >= 4 is 21.9 Å². The highest BCUT2D eigenvalue weighted by Crippen LogP contribution is 2.53. The Balaban J connectivity index is 1.42. The fourth-order valence-electron chi connectivity index (χ4n) is 9.13. The minimum atomic E-state index is 0.427. The summed E-state index contributed by atoms with van der Waals surface area (Å²) in [5, 5.41) is 20.6. The third-order valence-corrected chi connectivity index (χ3v) is 11.5. The van der Waals surface area contributed by atoms with E-state index in [9.17, 15) is 5.11 Å². The maximum atomic E-state index is 11.4. The third-order valence-electron chi connectivity index (χ3n) is 11.5. The number of aromatic hydroxyl groups is 1. The molecule has 6 atom stereocenters. The molecule has 7 rings (SSSR count). The molecule has 0 aliphatic heterocycles. The van der Waals surface area contributed by atoms with Crippen molar-refractivity contribution in [2.45, 2.75) is 91.9 Å². The van der Waals surface area contributed by atoms with Crippen LogP contribution >= 0.6 is 0 Å². The monoisotopic (exact) mass is 602 g/mol. The number of aromatic amines is 2. The molecule has 6 unspecified atom stereocenters. The van der Waals surface area contributed by atoms with E-state index in [1.165, 1.54) is 60.8 Å². The largest absolute Gasteiger partial charge is 0.508 e. The Morgan fingerprint density at radius 2 is 1.38 bits per heavy atom. The molecule has 2 aliphatic carbocycles. The molecule has 2 aliphatic rings. The fraction of sp³-hybridized carbons (Fsp3) is 0.500. The number of hydrogen-bond acceptors (Lipinski definition) is 3. The van der Waals surface area contributed by atoms with Gasteiger partial charge in [0.05, 0.1) is 16.6 Å². The average molecular weight is 603 g/mol. The van der Waals surface area contributed by atoms with Gasteiger partial charge in [-0.1, -0.05) is 72.6 Å². The van der Waals surface area contributed by atoms with E-state index in [-0.39, 0.29) is 0 Å². The first-order chi connectivity index (χ1) is 21.7. The van der Waals surface area contributed by atoms with Gasteiger partial charge in [0.2, 0.25) is 0 Å². The Labute approximate surface area is 268 Å². The van der Waals surface area contributed by atoms with Crippen molar-refractivity contribution in [1.82, 2.24) is 20.2 Å². The number of fused-ring (bicyclic) bond motifs is 2. The molecule has 45 heavy (non-hydrogen) atoms. The van der Waals surface area contributed by atoms with Crippen molar-refractivity contribution in [2.75, 3.05) is 0 Å². The van der Waals surface area contributed by atoms with Gasteiger partial charge in [-0.2, -0.15) is 5.10 Å². The highest BCUT2D eigenvalue weighted by atomic mass is 16.3. The summed E-state index contributed by atoms with van der Waals surface area (Å²) in [5.74, 6) is 5.85. The summed E-state index contributed by atoms with van der Waals surface area (Å²) in [6.45, 7) is 14.4. The van der Waals surface area contributed by atoms with Crippen LogP contribution in [0.25, 0.3) is 44.6 Å². The maximum absolute atomic E-state index is 11.4. The SMILES string of the molecule is CC1CCC(C(C)C)C(c2cc(O)cc(C3CC(C)CCC3C(C)C)c2-c2ccc3c(-c4nc5ccccc5[nH]4)n[nH]c3c2)C1. The minimum absolute atomic E-state index is 0.427. The molecule has 3 N–H and O–H groups in total. The molecule has 5 heteroatoms. The number of aromatic nitrogens is 4. The molecule has 0 amide bonds. The number of nitrogens with one attached hydrogen (secondary N) is 2. The van der Waals surface area contributed by atoms with Crippen molar-refractivity contribution in [1.29, 1.82) is 0 Å². The van der Waals surface area contributed by atoms with Crippen LogP contribution in [0.4, 0.5) is 0 Å². The first-order valence-electron chi connectivity index (χ1n) is 17.5.